The zero-order valence-electron chi connectivity index (χ0n) is 10.4. The quantitative estimate of drug-likeness (QED) is 0.575. The molecular weight excluding hydrogens is 337 g/mol. The van der Waals surface area contributed by atoms with E-state index in [1.54, 1.807) is 20.8 Å². The molecular formula is C11H20INO4. The van der Waals surface area contributed by atoms with Gasteiger partial charge in [-0.25, -0.2) is 4.79 Å². The minimum Gasteiger partial charge on any atom is -0.444 e. The summed E-state index contributed by atoms with van der Waals surface area (Å²) in [4.78, 5) is 13.3. The minimum atomic E-state index is -0.912. The van der Waals surface area contributed by atoms with Crippen LogP contribution in [-0.2, 0) is 4.74 Å². The summed E-state index contributed by atoms with van der Waals surface area (Å²) in [6.07, 6.45) is -0.0802. The summed E-state index contributed by atoms with van der Waals surface area (Å²) in [5.41, 5.74) is -1.48. The Morgan fingerprint density at radius 2 is 2.18 bits per heavy atom. The van der Waals surface area contributed by atoms with Crippen molar-refractivity contribution in [3.05, 3.63) is 0 Å². The van der Waals surface area contributed by atoms with Crippen LogP contribution in [-0.4, -0.2) is 56.0 Å². The summed E-state index contributed by atoms with van der Waals surface area (Å²) in [6.45, 7) is 5.44. The summed E-state index contributed by atoms with van der Waals surface area (Å²) >= 11 is 2.08. The molecule has 0 aliphatic carbocycles. The van der Waals surface area contributed by atoms with Crippen LogP contribution < -0.4 is 0 Å². The Hall–Kier alpha value is -0.0800. The van der Waals surface area contributed by atoms with E-state index in [9.17, 15) is 15.0 Å². The zero-order chi connectivity index (χ0) is 13.3. The number of β-amino-alcohol motifs (C(OH)–C–C–N with tert-alkyl or cyclic N) is 1. The molecule has 2 atom stereocenters. The molecule has 100 valence electrons. The van der Waals surface area contributed by atoms with Gasteiger partial charge in [-0.1, -0.05) is 22.6 Å². The highest BCUT2D eigenvalue weighted by Gasteiger charge is 2.45. The van der Waals surface area contributed by atoms with E-state index in [0.717, 1.165) is 0 Å². The second-order valence-electron chi connectivity index (χ2n) is 5.51. The largest absolute Gasteiger partial charge is 0.444 e. The lowest BCUT2D eigenvalue weighted by Crippen LogP contribution is -2.42. The number of carbonyl (C=O) groups is 1. The molecule has 1 aliphatic heterocycles. The maximum absolute atomic E-state index is 11.9. The van der Waals surface area contributed by atoms with Crippen molar-refractivity contribution in [2.45, 2.75) is 44.4 Å². The number of ether oxygens (including phenoxy) is 1. The van der Waals surface area contributed by atoms with Gasteiger partial charge in [-0.05, 0) is 20.8 Å². The second-order valence-corrected chi connectivity index (χ2v) is 6.27. The van der Waals surface area contributed by atoms with Crippen LogP contribution in [0.15, 0.2) is 0 Å². The van der Waals surface area contributed by atoms with Crippen molar-refractivity contribution in [3.63, 3.8) is 0 Å². The van der Waals surface area contributed by atoms with E-state index in [1.165, 1.54) is 4.90 Å². The van der Waals surface area contributed by atoms with Gasteiger partial charge in [0.2, 0.25) is 0 Å². The second kappa shape index (κ2) is 5.27. The summed E-state index contributed by atoms with van der Waals surface area (Å²) in [5, 5.41) is 19.4. The first-order valence-electron chi connectivity index (χ1n) is 5.59. The van der Waals surface area contributed by atoms with Crippen molar-refractivity contribution in [1.82, 2.24) is 4.90 Å². The molecule has 1 rings (SSSR count). The van der Waals surface area contributed by atoms with E-state index in [4.69, 9.17) is 4.74 Å². The Balaban J connectivity index is 2.73. The van der Waals surface area contributed by atoms with E-state index in [1.807, 2.05) is 0 Å². The molecule has 0 aromatic carbocycles. The van der Waals surface area contributed by atoms with Crippen molar-refractivity contribution in [2.24, 2.45) is 0 Å². The van der Waals surface area contributed by atoms with E-state index >= 15 is 0 Å². The van der Waals surface area contributed by atoms with Gasteiger partial charge < -0.3 is 14.9 Å². The predicted molar refractivity (Wildman–Crippen MR) is 72.3 cm³/mol. The monoisotopic (exact) mass is 357 g/mol. The first-order valence-corrected chi connectivity index (χ1v) is 7.12. The first-order chi connectivity index (χ1) is 7.71. The summed E-state index contributed by atoms with van der Waals surface area (Å²) in [7, 11) is 0. The van der Waals surface area contributed by atoms with Crippen LogP contribution in [0, 0.1) is 0 Å². The highest BCUT2D eigenvalue weighted by molar-refractivity contribution is 14.1. The van der Waals surface area contributed by atoms with E-state index in [0.29, 0.717) is 10.8 Å². The third-order valence-corrected chi connectivity index (χ3v) is 4.03. The molecule has 0 bridgehead atoms. The molecule has 0 aromatic heterocycles. The molecule has 5 nitrogen and oxygen atoms in total. The molecule has 17 heavy (non-hydrogen) atoms. The molecule has 6 heteroatoms. The lowest BCUT2D eigenvalue weighted by molar-refractivity contribution is 0.0129. The van der Waals surface area contributed by atoms with Gasteiger partial charge in [-0.2, -0.15) is 0 Å². The fraction of sp³-hybridized carbons (Fsp3) is 0.909. The average Bonchev–Trinajstić information content (AvgIpc) is 2.54. The van der Waals surface area contributed by atoms with Crippen LogP contribution in [0.3, 0.4) is 0 Å². The summed E-state index contributed by atoms with van der Waals surface area (Å²) < 4.78 is 5.78. The zero-order valence-corrected chi connectivity index (χ0v) is 12.6. The Morgan fingerprint density at radius 1 is 1.59 bits per heavy atom. The lowest BCUT2D eigenvalue weighted by atomic mass is 10.0. The standard InChI is InChI=1S/C11H20INO4/c1-10(2,3)17-9(15)13-7-11(16,6-12)4-8(13)5-14/h8,14,16H,4-7H2,1-3H3. The minimum absolute atomic E-state index is 0.155. The number of amides is 1. The molecule has 2 N–H and O–H groups in total. The van der Waals surface area contributed by atoms with Crippen molar-refractivity contribution < 1.29 is 19.7 Å². The van der Waals surface area contributed by atoms with Crippen LogP contribution in [0.2, 0.25) is 0 Å². The smallest absolute Gasteiger partial charge is 0.410 e. The molecule has 1 amide bonds. The number of likely N-dealkylation sites (tertiary alicyclic amines) is 1. The number of halogens is 1. The van der Waals surface area contributed by atoms with Crippen LogP contribution in [0.1, 0.15) is 27.2 Å². The van der Waals surface area contributed by atoms with Gasteiger partial charge >= 0.3 is 6.09 Å². The molecule has 0 aromatic rings. The van der Waals surface area contributed by atoms with Crippen molar-refractivity contribution in [1.29, 1.82) is 0 Å². The molecule has 1 heterocycles. The highest BCUT2D eigenvalue weighted by atomic mass is 127. The average molecular weight is 357 g/mol. The van der Waals surface area contributed by atoms with Gasteiger partial charge in [0.15, 0.2) is 0 Å². The number of aliphatic hydroxyl groups is 2. The fourth-order valence-electron chi connectivity index (χ4n) is 1.85. The van der Waals surface area contributed by atoms with Crippen LogP contribution in [0.5, 0.6) is 0 Å². The molecule has 0 spiro atoms. The molecule has 1 saturated heterocycles. The van der Waals surface area contributed by atoms with Gasteiger partial charge in [-0.3, -0.25) is 4.90 Å². The number of hydrogen-bond donors (Lipinski definition) is 2. The van der Waals surface area contributed by atoms with Crippen LogP contribution in [0.4, 0.5) is 4.79 Å². The van der Waals surface area contributed by atoms with E-state index in [-0.39, 0.29) is 19.2 Å². The van der Waals surface area contributed by atoms with Crippen LogP contribution in [0.25, 0.3) is 0 Å². The number of hydrogen-bond acceptors (Lipinski definition) is 4. The summed E-state index contributed by atoms with van der Waals surface area (Å²) in [6, 6.07) is -0.357. The van der Waals surface area contributed by atoms with E-state index in [2.05, 4.69) is 22.6 Å². The van der Waals surface area contributed by atoms with Gasteiger partial charge in [0, 0.05) is 10.8 Å². The topological polar surface area (TPSA) is 70.0 Å². The molecule has 1 fully saturated rings. The number of nitrogens with zero attached hydrogens (tertiary/aromatic N) is 1. The molecule has 2 unspecified atom stereocenters. The number of carbonyl (C=O) groups excluding carboxylic acids is 1. The summed E-state index contributed by atoms with van der Waals surface area (Å²) in [5.74, 6) is 0. The van der Waals surface area contributed by atoms with Crippen molar-refractivity contribution >= 4 is 28.7 Å². The van der Waals surface area contributed by atoms with Gasteiger partial charge in [-0.15, -0.1) is 0 Å². The van der Waals surface area contributed by atoms with Crippen molar-refractivity contribution in [3.8, 4) is 0 Å². The Labute approximate surface area is 115 Å². The normalized spacial score (nSPS) is 29.5. The van der Waals surface area contributed by atoms with Gasteiger partial charge in [0.1, 0.15) is 5.60 Å². The van der Waals surface area contributed by atoms with E-state index < -0.39 is 17.3 Å². The Morgan fingerprint density at radius 3 is 2.59 bits per heavy atom. The Bertz CT molecular complexity index is 292. The van der Waals surface area contributed by atoms with Crippen molar-refractivity contribution in [2.75, 3.05) is 17.6 Å². The predicted octanol–water partition coefficient (Wildman–Crippen LogP) is 1.15. The SMILES string of the molecule is CC(C)(C)OC(=O)N1CC(O)(CI)CC1CO. The Kier molecular flexibility index (Phi) is 4.65. The lowest BCUT2D eigenvalue weighted by Gasteiger charge is -2.27. The van der Waals surface area contributed by atoms with Gasteiger partial charge in [0.25, 0.3) is 0 Å². The number of aliphatic hydroxyl groups excluding tert-OH is 1. The van der Waals surface area contributed by atoms with Crippen LogP contribution >= 0.6 is 22.6 Å². The van der Waals surface area contributed by atoms with Gasteiger partial charge in [0.05, 0.1) is 24.8 Å². The fourth-order valence-corrected chi connectivity index (χ4v) is 2.41. The molecule has 0 radical (unpaired) electrons. The number of rotatable bonds is 2. The maximum Gasteiger partial charge on any atom is 0.410 e. The maximum atomic E-state index is 11.9. The molecule has 0 saturated carbocycles. The third-order valence-electron chi connectivity index (χ3n) is 2.61. The molecule has 1 aliphatic rings. The third kappa shape index (κ3) is 3.96. The highest BCUT2D eigenvalue weighted by Crippen LogP contribution is 2.30. The first kappa shape index (κ1) is 15.0. The number of alkyl halides is 1.